The summed E-state index contributed by atoms with van der Waals surface area (Å²) in [7, 11) is 5.91. The summed E-state index contributed by atoms with van der Waals surface area (Å²) in [5.41, 5.74) is 6.50. The van der Waals surface area contributed by atoms with Crippen LogP contribution in [-0.4, -0.2) is 52.6 Å². The van der Waals surface area contributed by atoms with E-state index in [0.29, 0.717) is 40.4 Å². The van der Waals surface area contributed by atoms with Gasteiger partial charge in [0.05, 0.1) is 40.2 Å². The summed E-state index contributed by atoms with van der Waals surface area (Å²) >= 11 is 0. The number of methoxy groups -OCH3 is 4. The molecule has 10 heteroatoms. The lowest BCUT2D eigenvalue weighted by Crippen LogP contribution is -2.41. The first-order valence-corrected chi connectivity index (χ1v) is 11.9. The molecule has 0 aliphatic heterocycles. The minimum Gasteiger partial charge on any atom is -0.495 e. The van der Waals surface area contributed by atoms with E-state index in [1.54, 1.807) is 51.1 Å². The van der Waals surface area contributed by atoms with Crippen LogP contribution in [0.25, 0.3) is 5.57 Å². The summed E-state index contributed by atoms with van der Waals surface area (Å²) in [5, 5.41) is 9.60. The smallest absolute Gasteiger partial charge is 0.421 e. The third-order valence-electron chi connectivity index (χ3n) is 5.34. The van der Waals surface area contributed by atoms with E-state index in [0.717, 1.165) is 4.90 Å². The van der Waals surface area contributed by atoms with Gasteiger partial charge in [-0.1, -0.05) is 6.07 Å². The number of benzene rings is 2. The standard InChI is InChI=1S/C28H35N3O7/c1-28(2,3)38-27(33)31(25(32)9-8-13-29)21-15-18(10-11-22(21)34-4)20(12-14-30)19-16-23(35-5)26(37-7)24(17-19)36-6/h10-12,15-17H,8-9,13,29H2,1-7H3/b20-12-. The Labute approximate surface area is 223 Å². The van der Waals surface area contributed by atoms with Crippen molar-refractivity contribution < 1.29 is 33.3 Å². The molecule has 10 nitrogen and oxygen atoms in total. The van der Waals surface area contributed by atoms with E-state index in [9.17, 15) is 14.9 Å². The second kappa shape index (κ2) is 13.4. The molecule has 2 aromatic carbocycles. The van der Waals surface area contributed by atoms with Crippen molar-refractivity contribution in [1.29, 1.82) is 5.26 Å². The van der Waals surface area contributed by atoms with Crippen LogP contribution >= 0.6 is 0 Å². The van der Waals surface area contributed by atoms with Gasteiger partial charge in [0.1, 0.15) is 11.4 Å². The van der Waals surface area contributed by atoms with Gasteiger partial charge in [-0.3, -0.25) is 4.79 Å². The Morgan fingerprint density at radius 3 is 2.03 bits per heavy atom. The lowest BCUT2D eigenvalue weighted by molar-refractivity contribution is -0.118. The molecule has 0 saturated carbocycles. The van der Waals surface area contributed by atoms with Crippen LogP contribution in [-0.2, 0) is 9.53 Å². The number of amides is 2. The lowest BCUT2D eigenvalue weighted by Gasteiger charge is -2.27. The molecule has 2 N–H and O–H groups in total. The molecule has 2 aromatic rings. The zero-order chi connectivity index (χ0) is 28.5. The third-order valence-corrected chi connectivity index (χ3v) is 5.34. The highest BCUT2D eigenvalue weighted by Gasteiger charge is 2.31. The third kappa shape index (κ3) is 7.17. The Hall–Kier alpha value is -4.23. The van der Waals surface area contributed by atoms with Crippen molar-refractivity contribution in [3.05, 3.63) is 47.5 Å². The number of hydrogen-bond donors (Lipinski definition) is 1. The van der Waals surface area contributed by atoms with Gasteiger partial charge in [0.25, 0.3) is 0 Å². The van der Waals surface area contributed by atoms with E-state index < -0.39 is 17.6 Å². The summed E-state index contributed by atoms with van der Waals surface area (Å²) < 4.78 is 27.4. The summed E-state index contributed by atoms with van der Waals surface area (Å²) in [6.07, 6.45) is 0.899. The highest BCUT2D eigenvalue weighted by molar-refractivity contribution is 6.13. The van der Waals surface area contributed by atoms with Crippen molar-refractivity contribution in [3.8, 4) is 29.1 Å². The molecule has 0 aliphatic rings. The molecule has 0 heterocycles. The molecular weight excluding hydrogens is 490 g/mol. The van der Waals surface area contributed by atoms with Crippen LogP contribution in [0, 0.1) is 11.3 Å². The molecule has 38 heavy (non-hydrogen) atoms. The van der Waals surface area contributed by atoms with Gasteiger partial charge in [-0.15, -0.1) is 0 Å². The summed E-state index contributed by atoms with van der Waals surface area (Å²) in [6.45, 7) is 5.40. The van der Waals surface area contributed by atoms with Crippen molar-refractivity contribution in [2.24, 2.45) is 5.73 Å². The van der Waals surface area contributed by atoms with Gasteiger partial charge >= 0.3 is 6.09 Å². The number of rotatable bonds is 10. The number of carbonyl (C=O) groups excluding carboxylic acids is 2. The number of nitrogens with two attached hydrogens (primary N) is 1. The largest absolute Gasteiger partial charge is 0.495 e. The van der Waals surface area contributed by atoms with Gasteiger partial charge in [0, 0.05) is 12.5 Å². The van der Waals surface area contributed by atoms with Crippen molar-refractivity contribution >= 4 is 23.3 Å². The molecule has 0 spiro atoms. The Kier molecular flexibility index (Phi) is 10.5. The number of hydrogen-bond acceptors (Lipinski definition) is 9. The Morgan fingerprint density at radius 1 is 0.947 bits per heavy atom. The monoisotopic (exact) mass is 525 g/mol. The van der Waals surface area contributed by atoms with Crippen molar-refractivity contribution in [2.45, 2.75) is 39.2 Å². The molecule has 2 amide bonds. The van der Waals surface area contributed by atoms with Crippen molar-refractivity contribution in [3.63, 3.8) is 0 Å². The van der Waals surface area contributed by atoms with Crippen LogP contribution < -0.4 is 29.6 Å². The number of imide groups is 1. The van der Waals surface area contributed by atoms with Gasteiger partial charge in [-0.25, -0.2) is 9.69 Å². The number of carbonyl (C=O) groups is 2. The zero-order valence-corrected chi connectivity index (χ0v) is 22.9. The van der Waals surface area contributed by atoms with Gasteiger partial charge < -0.3 is 29.4 Å². The Morgan fingerprint density at radius 2 is 1.55 bits per heavy atom. The summed E-state index contributed by atoms with van der Waals surface area (Å²) in [4.78, 5) is 27.4. The van der Waals surface area contributed by atoms with Crippen LogP contribution in [0.15, 0.2) is 36.4 Å². The minimum atomic E-state index is -0.853. The van der Waals surface area contributed by atoms with Crippen LogP contribution in [0.5, 0.6) is 23.0 Å². The summed E-state index contributed by atoms with van der Waals surface area (Å²) in [6, 6.07) is 10.4. The highest BCUT2D eigenvalue weighted by atomic mass is 16.6. The average Bonchev–Trinajstić information content (AvgIpc) is 2.88. The van der Waals surface area contributed by atoms with E-state index in [-0.39, 0.29) is 24.4 Å². The quantitative estimate of drug-likeness (QED) is 0.439. The highest BCUT2D eigenvalue weighted by Crippen LogP contribution is 2.42. The second-order valence-electron chi connectivity index (χ2n) is 9.09. The molecule has 0 fully saturated rings. The molecule has 0 saturated heterocycles. The second-order valence-corrected chi connectivity index (χ2v) is 9.09. The van der Waals surface area contributed by atoms with E-state index in [2.05, 4.69) is 6.07 Å². The van der Waals surface area contributed by atoms with Gasteiger partial charge in [-0.05, 0) is 74.7 Å². The maximum absolute atomic E-state index is 13.2. The molecule has 0 unspecified atom stereocenters. The number of nitrogens with zero attached hydrogens (tertiary/aromatic N) is 2. The summed E-state index contributed by atoms with van der Waals surface area (Å²) in [5.74, 6) is 0.950. The molecule has 0 radical (unpaired) electrons. The number of anilines is 1. The van der Waals surface area contributed by atoms with E-state index in [4.69, 9.17) is 29.4 Å². The molecule has 0 bridgehead atoms. The predicted octanol–water partition coefficient (Wildman–Crippen LogP) is 4.68. The molecule has 0 atom stereocenters. The maximum atomic E-state index is 13.2. The van der Waals surface area contributed by atoms with E-state index in [1.165, 1.54) is 34.5 Å². The number of allylic oxidation sites excluding steroid dienone is 1. The van der Waals surface area contributed by atoms with Gasteiger partial charge in [0.2, 0.25) is 11.7 Å². The fourth-order valence-electron chi connectivity index (χ4n) is 3.67. The minimum absolute atomic E-state index is 0.0247. The predicted molar refractivity (Wildman–Crippen MR) is 144 cm³/mol. The van der Waals surface area contributed by atoms with Gasteiger partial charge in [-0.2, -0.15) is 5.26 Å². The van der Waals surface area contributed by atoms with Crippen LogP contribution in [0.4, 0.5) is 10.5 Å². The van der Waals surface area contributed by atoms with Crippen molar-refractivity contribution in [2.75, 3.05) is 39.9 Å². The topological polar surface area (TPSA) is 133 Å². The van der Waals surface area contributed by atoms with Crippen LogP contribution in [0.3, 0.4) is 0 Å². The zero-order valence-electron chi connectivity index (χ0n) is 22.9. The normalized spacial score (nSPS) is 11.3. The van der Waals surface area contributed by atoms with E-state index in [1.807, 2.05) is 0 Å². The first-order chi connectivity index (χ1) is 18.0. The molecule has 204 valence electrons. The first kappa shape index (κ1) is 30.0. The Balaban J connectivity index is 2.77. The van der Waals surface area contributed by atoms with Crippen molar-refractivity contribution in [1.82, 2.24) is 0 Å². The lowest BCUT2D eigenvalue weighted by atomic mass is 9.96. The molecule has 0 aromatic heterocycles. The maximum Gasteiger partial charge on any atom is 0.421 e. The number of ether oxygens (including phenoxy) is 5. The molecule has 2 rings (SSSR count). The molecule has 0 aliphatic carbocycles. The number of nitriles is 1. The fraction of sp³-hybridized carbons (Fsp3) is 0.393. The van der Waals surface area contributed by atoms with E-state index >= 15 is 0 Å². The average molecular weight is 526 g/mol. The van der Waals surface area contributed by atoms with Crippen LogP contribution in [0.1, 0.15) is 44.7 Å². The first-order valence-electron chi connectivity index (χ1n) is 11.9. The van der Waals surface area contributed by atoms with Crippen LogP contribution in [0.2, 0.25) is 0 Å². The molecular formula is C28H35N3O7. The fourth-order valence-corrected chi connectivity index (χ4v) is 3.67. The Bertz CT molecular complexity index is 1200. The van der Waals surface area contributed by atoms with Gasteiger partial charge in [0.15, 0.2) is 11.5 Å². The SMILES string of the molecule is COc1ccc(/C(=C/C#N)c2cc(OC)c(OC)c(OC)c2)cc1N(C(=O)CCCN)C(=O)OC(C)(C)C.